The summed E-state index contributed by atoms with van der Waals surface area (Å²) in [5, 5.41) is 9.88. The van der Waals surface area contributed by atoms with Crippen LogP contribution in [0.25, 0.3) is 82.1 Å². The number of hydrogen-bond donors (Lipinski definition) is 0. The zero-order valence-corrected chi connectivity index (χ0v) is 30.9. The second kappa shape index (κ2) is 12.5. The fourth-order valence-electron chi connectivity index (χ4n) is 8.98. The molecule has 57 heavy (non-hydrogen) atoms. The fraction of sp³-hybridized carbons (Fsp3) is 0. The van der Waals surface area contributed by atoms with E-state index in [1.165, 1.54) is 70.9 Å². The predicted molar refractivity (Wildman–Crippen MR) is 239 cm³/mol. The van der Waals surface area contributed by atoms with Crippen molar-refractivity contribution in [1.82, 2.24) is 4.57 Å². The number of rotatable bonds is 5. The van der Waals surface area contributed by atoms with Crippen molar-refractivity contribution >= 4 is 71.2 Å². The summed E-state index contributed by atoms with van der Waals surface area (Å²) >= 11 is 0. The Balaban J connectivity index is 0.981. The van der Waals surface area contributed by atoms with Crippen LogP contribution in [-0.2, 0) is 0 Å². The van der Waals surface area contributed by atoms with Crippen LogP contribution in [-0.4, -0.2) is 4.57 Å². The van der Waals surface area contributed by atoms with E-state index in [2.05, 4.69) is 204 Å². The van der Waals surface area contributed by atoms with Crippen LogP contribution in [0.15, 0.2) is 206 Å². The van der Waals surface area contributed by atoms with Gasteiger partial charge in [-0.15, -0.1) is 0 Å². The van der Waals surface area contributed by atoms with Gasteiger partial charge in [-0.25, -0.2) is 0 Å². The predicted octanol–water partition coefficient (Wildman–Crippen LogP) is 15.2. The third-order valence-corrected chi connectivity index (χ3v) is 11.7. The number of hydrogen-bond acceptors (Lipinski definition) is 2. The third kappa shape index (κ3) is 5.06. The minimum atomic E-state index is 0.877. The Kier molecular flexibility index (Phi) is 6.93. The molecule has 0 unspecified atom stereocenters. The zero-order valence-electron chi connectivity index (χ0n) is 30.9. The molecule has 0 radical (unpaired) electrons. The lowest BCUT2D eigenvalue weighted by molar-refractivity contribution is 0.476. The molecule has 3 nitrogen and oxygen atoms in total. The van der Waals surface area contributed by atoms with E-state index in [1.54, 1.807) is 0 Å². The number of nitrogens with zero attached hydrogens (tertiary/aromatic N) is 2. The summed E-state index contributed by atoms with van der Waals surface area (Å²) in [6, 6.07) is 74.7. The Hall–Kier alpha value is -7.62. The van der Waals surface area contributed by atoms with Crippen molar-refractivity contribution < 1.29 is 4.74 Å². The van der Waals surface area contributed by atoms with E-state index in [9.17, 15) is 0 Å². The summed E-state index contributed by atoms with van der Waals surface area (Å²) in [6.07, 6.45) is 0. The smallest absolute Gasteiger partial charge is 0.152 e. The molecule has 1 aromatic heterocycles. The van der Waals surface area contributed by atoms with Gasteiger partial charge in [-0.3, -0.25) is 0 Å². The van der Waals surface area contributed by atoms with Gasteiger partial charge >= 0.3 is 0 Å². The van der Waals surface area contributed by atoms with E-state index >= 15 is 0 Å². The fourth-order valence-corrected chi connectivity index (χ4v) is 8.98. The molecular weight excluding hydrogens is 693 g/mol. The molecule has 2 heterocycles. The first-order valence-corrected chi connectivity index (χ1v) is 19.5. The zero-order chi connectivity index (χ0) is 37.5. The quantitative estimate of drug-likeness (QED) is 0.164. The Morgan fingerprint density at radius 3 is 1.89 bits per heavy atom. The Labute approximate surface area is 329 Å². The van der Waals surface area contributed by atoms with Crippen molar-refractivity contribution in [3.05, 3.63) is 206 Å². The van der Waals surface area contributed by atoms with Crippen LogP contribution >= 0.6 is 0 Å². The van der Waals surface area contributed by atoms with Crippen LogP contribution in [0.2, 0.25) is 0 Å². The Morgan fingerprint density at radius 1 is 0.333 bits per heavy atom. The lowest BCUT2D eigenvalue weighted by atomic mass is 9.99. The lowest BCUT2D eigenvalue weighted by Gasteiger charge is -2.27. The van der Waals surface area contributed by atoms with Crippen LogP contribution in [0, 0.1) is 0 Å². The van der Waals surface area contributed by atoms with Crippen molar-refractivity contribution in [1.29, 1.82) is 0 Å². The van der Waals surface area contributed by atoms with Gasteiger partial charge in [0.2, 0.25) is 0 Å². The SMILES string of the molecule is c1cc(-c2ccc3ccccc3c2)cc(N(c2ccc(-c3ccc4c(c3)c3cccc5c3n4-c3ccccc3O5)cc2)c2ccc3c(ccc4ccccc43)c2)c1. The van der Waals surface area contributed by atoms with Gasteiger partial charge in [0.1, 0.15) is 0 Å². The molecule has 0 atom stereocenters. The first-order chi connectivity index (χ1) is 28.2. The van der Waals surface area contributed by atoms with Gasteiger partial charge in [-0.2, -0.15) is 0 Å². The van der Waals surface area contributed by atoms with E-state index in [-0.39, 0.29) is 0 Å². The van der Waals surface area contributed by atoms with Crippen LogP contribution in [0.4, 0.5) is 17.1 Å². The second-order valence-corrected chi connectivity index (χ2v) is 15.0. The molecule has 0 amide bonds. The number of ether oxygens (including phenoxy) is 1. The molecule has 0 saturated heterocycles. The van der Waals surface area contributed by atoms with Crippen LogP contribution in [0.3, 0.4) is 0 Å². The molecule has 0 N–H and O–H groups in total. The van der Waals surface area contributed by atoms with E-state index in [1.807, 2.05) is 12.1 Å². The van der Waals surface area contributed by atoms with Gasteiger partial charge in [0.05, 0.1) is 16.7 Å². The first kappa shape index (κ1) is 31.7. The van der Waals surface area contributed by atoms with Gasteiger partial charge in [0, 0.05) is 27.8 Å². The normalized spacial score (nSPS) is 12.0. The molecule has 1 aliphatic heterocycles. The van der Waals surface area contributed by atoms with E-state index in [0.717, 1.165) is 39.8 Å². The average Bonchev–Trinajstić information content (AvgIpc) is 3.61. The molecule has 0 bridgehead atoms. The average molecular weight is 727 g/mol. The second-order valence-electron chi connectivity index (χ2n) is 15.0. The highest BCUT2D eigenvalue weighted by Gasteiger charge is 2.23. The largest absolute Gasteiger partial charge is 0.453 e. The highest BCUT2D eigenvalue weighted by molar-refractivity contribution is 6.13. The molecule has 12 rings (SSSR count). The molecule has 0 spiro atoms. The summed E-state index contributed by atoms with van der Waals surface area (Å²) < 4.78 is 8.72. The number of anilines is 3. The maximum atomic E-state index is 6.37. The highest BCUT2D eigenvalue weighted by Crippen LogP contribution is 2.46. The molecule has 0 saturated carbocycles. The van der Waals surface area contributed by atoms with Gasteiger partial charge in [-0.05, 0) is 127 Å². The molecule has 3 heteroatoms. The summed E-state index contributed by atoms with van der Waals surface area (Å²) in [7, 11) is 0. The molecule has 10 aromatic carbocycles. The maximum Gasteiger partial charge on any atom is 0.152 e. The topological polar surface area (TPSA) is 17.4 Å². The maximum absolute atomic E-state index is 6.37. The number of fused-ring (bicyclic) bond motifs is 9. The van der Waals surface area contributed by atoms with Gasteiger partial charge in [-0.1, -0.05) is 133 Å². The number of para-hydroxylation sites is 3. The van der Waals surface area contributed by atoms with Crippen molar-refractivity contribution in [2.24, 2.45) is 0 Å². The monoisotopic (exact) mass is 726 g/mol. The minimum absolute atomic E-state index is 0.877. The minimum Gasteiger partial charge on any atom is -0.453 e. The molecule has 266 valence electrons. The third-order valence-electron chi connectivity index (χ3n) is 11.7. The Morgan fingerprint density at radius 2 is 0.965 bits per heavy atom. The Bertz CT molecular complexity index is 3390. The van der Waals surface area contributed by atoms with Crippen molar-refractivity contribution in [2.75, 3.05) is 4.90 Å². The van der Waals surface area contributed by atoms with Gasteiger partial charge < -0.3 is 14.2 Å². The number of benzene rings is 10. The molecule has 0 aliphatic carbocycles. The first-order valence-electron chi connectivity index (χ1n) is 19.5. The van der Waals surface area contributed by atoms with Gasteiger partial charge in [0.15, 0.2) is 11.5 Å². The van der Waals surface area contributed by atoms with Crippen molar-refractivity contribution in [3.8, 4) is 39.4 Å². The molecular formula is C54H34N2O. The highest BCUT2D eigenvalue weighted by atomic mass is 16.5. The summed E-state index contributed by atoms with van der Waals surface area (Å²) in [4.78, 5) is 2.38. The van der Waals surface area contributed by atoms with Crippen molar-refractivity contribution in [3.63, 3.8) is 0 Å². The summed E-state index contributed by atoms with van der Waals surface area (Å²) in [5.74, 6) is 1.77. The van der Waals surface area contributed by atoms with Crippen molar-refractivity contribution in [2.45, 2.75) is 0 Å². The summed E-state index contributed by atoms with van der Waals surface area (Å²) in [6.45, 7) is 0. The van der Waals surface area contributed by atoms with Crippen LogP contribution < -0.4 is 9.64 Å². The van der Waals surface area contributed by atoms with Crippen LogP contribution in [0.1, 0.15) is 0 Å². The molecule has 0 fully saturated rings. The standard InChI is InChI=1S/C54H34N2O/c1-2-11-38-31-40(21-19-35(38)9-1)39-12-7-13-44(32-39)55(45-28-29-47-42(33-45)22-20-37-10-3-4-14-46(37)47)43-26-23-36(24-27-43)41-25-30-50-49(34-41)48-15-8-18-53-54(48)56(50)51-16-5-6-17-52(51)57-53/h1-34H. The summed E-state index contributed by atoms with van der Waals surface area (Å²) in [5.41, 5.74) is 11.4. The molecule has 1 aliphatic rings. The van der Waals surface area contributed by atoms with Gasteiger partial charge in [0.25, 0.3) is 0 Å². The molecule has 11 aromatic rings. The van der Waals surface area contributed by atoms with E-state index < -0.39 is 0 Å². The van der Waals surface area contributed by atoms with E-state index in [4.69, 9.17) is 4.74 Å². The van der Waals surface area contributed by atoms with Crippen LogP contribution in [0.5, 0.6) is 11.5 Å². The number of aromatic nitrogens is 1. The lowest BCUT2D eigenvalue weighted by Crippen LogP contribution is -2.10. The van der Waals surface area contributed by atoms with E-state index in [0.29, 0.717) is 0 Å².